The lowest BCUT2D eigenvalue weighted by Gasteiger charge is -2.06. The average molecular weight is 690 g/mol. The van der Waals surface area contributed by atoms with E-state index in [2.05, 4.69) is 10.2 Å². The van der Waals surface area contributed by atoms with Crippen LogP contribution in [-0.2, 0) is 30.4 Å². The molecule has 1 heterocycles. The summed E-state index contributed by atoms with van der Waals surface area (Å²) in [6.45, 7) is 0. The standard InChI is InChI=1S/C26H19N5O12S3/c32-31(33)23-10-4-18(26(16-23)46(40,41)42)2-1-17-3-9-22(15-25(17)45(37,38)39)30-29(43-30)21-11-5-19(6-12-21)27-28-20-7-13-24(14-8-20)44(34,35)36/h1-16H,(H,34,35,36)(H,37,38,39)(H,40,41,42). The van der Waals surface area contributed by atoms with Gasteiger partial charge in [0.1, 0.15) is 21.2 Å². The third-order valence-electron chi connectivity index (χ3n) is 6.21. The molecule has 238 valence electrons. The SMILES string of the molecule is O=[N+]([O-])c1ccc(C=Cc2ccc(-n3on3-c3ccc(N=Nc4ccc(S(=O)(=O)O)cc4)cc3)cc2S(=O)(=O)O)c(S(=O)(=O)O)c1. The topological polar surface area (TPSA) is 254 Å². The minimum absolute atomic E-state index is 0.0818. The molecule has 17 nitrogen and oxygen atoms in total. The lowest BCUT2D eigenvalue weighted by Crippen LogP contribution is -2.03. The van der Waals surface area contributed by atoms with Crippen LogP contribution in [0, 0.1) is 10.1 Å². The van der Waals surface area contributed by atoms with Gasteiger partial charge in [-0.25, -0.2) is 4.63 Å². The zero-order valence-electron chi connectivity index (χ0n) is 22.7. The van der Waals surface area contributed by atoms with Crippen LogP contribution in [0.1, 0.15) is 11.1 Å². The van der Waals surface area contributed by atoms with Gasteiger partial charge in [-0.05, 0) is 77.9 Å². The van der Waals surface area contributed by atoms with Crippen LogP contribution in [0.3, 0.4) is 0 Å². The fourth-order valence-corrected chi connectivity index (χ4v) is 5.88. The first-order chi connectivity index (χ1) is 21.5. The Bertz CT molecular complexity index is 2350. The van der Waals surface area contributed by atoms with E-state index >= 15 is 0 Å². The Balaban J connectivity index is 1.37. The number of non-ortho nitro benzene ring substituents is 1. The lowest BCUT2D eigenvalue weighted by molar-refractivity contribution is -0.385. The number of benzene rings is 4. The van der Waals surface area contributed by atoms with Gasteiger partial charge in [-0.1, -0.05) is 27.9 Å². The van der Waals surface area contributed by atoms with Crippen LogP contribution in [0.4, 0.5) is 17.1 Å². The van der Waals surface area contributed by atoms with Gasteiger partial charge >= 0.3 is 0 Å². The van der Waals surface area contributed by atoms with Crippen LogP contribution in [-0.4, -0.2) is 53.5 Å². The van der Waals surface area contributed by atoms with Crippen LogP contribution in [0.5, 0.6) is 0 Å². The minimum Gasteiger partial charge on any atom is -0.282 e. The second-order valence-electron chi connectivity index (χ2n) is 9.30. The number of rotatable bonds is 10. The summed E-state index contributed by atoms with van der Waals surface area (Å²) in [5.41, 5.74) is 0.558. The molecule has 5 aromatic rings. The molecule has 0 unspecified atom stereocenters. The van der Waals surface area contributed by atoms with Crippen LogP contribution in [0.15, 0.2) is 114 Å². The molecule has 4 aromatic carbocycles. The van der Waals surface area contributed by atoms with Crippen molar-refractivity contribution in [1.82, 2.24) is 9.71 Å². The van der Waals surface area contributed by atoms with Crippen molar-refractivity contribution in [2.24, 2.45) is 10.2 Å². The lowest BCUT2D eigenvalue weighted by atomic mass is 10.1. The molecule has 0 spiro atoms. The zero-order chi connectivity index (χ0) is 33.4. The van der Waals surface area contributed by atoms with E-state index in [0.717, 1.165) is 30.4 Å². The highest BCUT2D eigenvalue weighted by molar-refractivity contribution is 7.86. The first-order valence-electron chi connectivity index (χ1n) is 12.4. The van der Waals surface area contributed by atoms with Crippen molar-refractivity contribution < 1.29 is 48.5 Å². The quantitative estimate of drug-likeness (QED) is 0.0569. The molecule has 0 amide bonds. The number of aromatic nitrogens is 2. The third kappa shape index (κ3) is 7.34. The second kappa shape index (κ2) is 11.9. The van der Waals surface area contributed by atoms with Crippen molar-refractivity contribution in [1.29, 1.82) is 0 Å². The molecule has 0 fully saturated rings. The highest BCUT2D eigenvalue weighted by atomic mass is 32.2. The molecule has 5 rings (SSSR count). The molecule has 0 aliphatic heterocycles. The Hall–Kier alpha value is -5.25. The van der Waals surface area contributed by atoms with E-state index in [1.807, 2.05) is 0 Å². The van der Waals surface area contributed by atoms with Gasteiger partial charge in [-0.3, -0.25) is 23.8 Å². The molecule has 0 atom stereocenters. The maximum atomic E-state index is 12.2. The summed E-state index contributed by atoms with van der Waals surface area (Å²) in [5, 5.41) is 19.1. The van der Waals surface area contributed by atoms with Crippen LogP contribution in [0.2, 0.25) is 0 Å². The van der Waals surface area contributed by atoms with E-state index < -0.39 is 50.8 Å². The number of nitrogens with zero attached hydrogens (tertiary/aromatic N) is 5. The number of hydrogen-bond donors (Lipinski definition) is 3. The number of nitro groups is 1. The Kier molecular flexibility index (Phi) is 8.33. The number of nitro benzene ring substituents is 1. The highest BCUT2D eigenvalue weighted by Crippen LogP contribution is 2.29. The van der Waals surface area contributed by atoms with Crippen molar-refractivity contribution in [3.8, 4) is 11.4 Å². The van der Waals surface area contributed by atoms with Gasteiger partial charge in [0.05, 0.1) is 21.2 Å². The molecule has 0 saturated heterocycles. The van der Waals surface area contributed by atoms with Crippen molar-refractivity contribution in [2.45, 2.75) is 14.7 Å². The predicted molar refractivity (Wildman–Crippen MR) is 159 cm³/mol. The molecule has 0 aliphatic rings. The molecule has 0 radical (unpaired) electrons. The van der Waals surface area contributed by atoms with E-state index in [1.54, 1.807) is 24.3 Å². The number of hydrogen-bond acceptors (Lipinski definition) is 11. The summed E-state index contributed by atoms with van der Waals surface area (Å²) >= 11 is 0. The van der Waals surface area contributed by atoms with Gasteiger partial charge in [0.15, 0.2) is 0 Å². The monoisotopic (exact) mass is 689 g/mol. The summed E-state index contributed by atoms with van der Waals surface area (Å²) < 4.78 is 104. The molecule has 0 bridgehead atoms. The average Bonchev–Trinajstić information content (AvgIpc) is 3.79. The summed E-state index contributed by atoms with van der Waals surface area (Å²) in [6.07, 6.45) is 2.24. The van der Waals surface area contributed by atoms with Gasteiger partial charge in [0.2, 0.25) is 0 Å². The van der Waals surface area contributed by atoms with Gasteiger partial charge in [-0.15, -0.1) is 0 Å². The maximum Gasteiger partial charge on any atom is 0.295 e. The molecular formula is C26H19N5O12S3. The fourth-order valence-electron chi connectivity index (χ4n) is 3.99. The second-order valence-corrected chi connectivity index (χ2v) is 13.5. The zero-order valence-corrected chi connectivity index (χ0v) is 25.2. The van der Waals surface area contributed by atoms with Gasteiger partial charge in [-0.2, -0.15) is 35.5 Å². The minimum atomic E-state index is -4.89. The Labute approximate surface area is 259 Å². The van der Waals surface area contributed by atoms with Gasteiger partial charge in [0.25, 0.3) is 36.0 Å². The Morgan fingerprint density at radius 3 is 1.59 bits per heavy atom. The van der Waals surface area contributed by atoms with Crippen LogP contribution >= 0.6 is 0 Å². The highest BCUT2D eigenvalue weighted by Gasteiger charge is 2.22. The van der Waals surface area contributed by atoms with Gasteiger partial charge < -0.3 is 0 Å². The summed E-state index contributed by atoms with van der Waals surface area (Å²) in [6, 6.07) is 18.0. The van der Waals surface area contributed by atoms with Crippen molar-refractivity contribution in [3.63, 3.8) is 0 Å². The first-order valence-corrected chi connectivity index (χ1v) is 16.8. The molecule has 3 N–H and O–H groups in total. The fraction of sp³-hybridized carbons (Fsp3) is 0. The Morgan fingerprint density at radius 2 is 1.09 bits per heavy atom. The molecule has 20 heteroatoms. The van der Waals surface area contributed by atoms with E-state index in [0.29, 0.717) is 23.1 Å². The first kappa shape index (κ1) is 32.2. The molecular weight excluding hydrogens is 671 g/mol. The van der Waals surface area contributed by atoms with Crippen molar-refractivity contribution in [3.05, 3.63) is 106 Å². The van der Waals surface area contributed by atoms with Crippen molar-refractivity contribution in [2.75, 3.05) is 0 Å². The normalized spacial score (nSPS) is 12.8. The van der Waals surface area contributed by atoms with E-state index in [1.165, 1.54) is 46.1 Å². The molecule has 0 saturated carbocycles. The van der Waals surface area contributed by atoms with Crippen molar-refractivity contribution >= 4 is 59.6 Å². The van der Waals surface area contributed by atoms with E-state index in [9.17, 15) is 44.5 Å². The molecule has 0 aliphatic carbocycles. The number of azo groups is 1. The van der Waals surface area contributed by atoms with E-state index in [4.69, 9.17) is 9.18 Å². The largest absolute Gasteiger partial charge is 0.295 e. The summed E-state index contributed by atoms with van der Waals surface area (Å²) in [5.74, 6) is 0. The predicted octanol–water partition coefficient (Wildman–Crippen LogP) is 5.10. The molecule has 46 heavy (non-hydrogen) atoms. The summed E-state index contributed by atoms with van der Waals surface area (Å²) in [4.78, 5) is 11.0. The summed E-state index contributed by atoms with van der Waals surface area (Å²) in [7, 11) is -14.0. The third-order valence-corrected chi connectivity index (χ3v) is 8.89. The Morgan fingerprint density at radius 1 is 0.630 bits per heavy atom. The van der Waals surface area contributed by atoms with Crippen LogP contribution in [0.25, 0.3) is 23.5 Å². The maximum absolute atomic E-state index is 12.2. The van der Waals surface area contributed by atoms with E-state index in [-0.39, 0.29) is 21.7 Å². The van der Waals surface area contributed by atoms with Gasteiger partial charge in [0, 0.05) is 12.1 Å². The smallest absolute Gasteiger partial charge is 0.282 e. The van der Waals surface area contributed by atoms with Crippen LogP contribution < -0.4 is 0 Å². The molecule has 1 aromatic heterocycles.